The Morgan fingerprint density at radius 2 is 1.68 bits per heavy atom. The van der Waals surface area contributed by atoms with E-state index >= 15 is 0 Å². The first kappa shape index (κ1) is 25.5. The third kappa shape index (κ3) is 5.20. The number of rotatable bonds is 7. The largest absolute Gasteiger partial charge is 0.491 e. The van der Waals surface area contributed by atoms with Gasteiger partial charge in [0, 0.05) is 23.3 Å². The van der Waals surface area contributed by atoms with Gasteiger partial charge in [0.25, 0.3) is 0 Å². The van der Waals surface area contributed by atoms with E-state index in [1.165, 1.54) is 22.8 Å². The lowest BCUT2D eigenvalue weighted by molar-refractivity contribution is -0.137. The molecule has 4 rings (SSSR count). The van der Waals surface area contributed by atoms with Crippen LogP contribution < -0.4 is 9.47 Å². The summed E-state index contributed by atoms with van der Waals surface area (Å²) in [6.45, 7) is 3.75. The number of nitrogens with zero attached hydrogens (tertiary/aromatic N) is 2. The summed E-state index contributed by atoms with van der Waals surface area (Å²) >= 11 is 0. The molecule has 0 atom stereocenters. The quantitative estimate of drug-likeness (QED) is 0.297. The van der Waals surface area contributed by atoms with Gasteiger partial charge in [-0.15, -0.1) is 0 Å². The normalized spacial score (nSPS) is 11.5. The monoisotopic (exact) mass is 514 g/mol. The van der Waals surface area contributed by atoms with Gasteiger partial charge in [-0.2, -0.15) is 13.2 Å². The van der Waals surface area contributed by atoms with Crippen LogP contribution in [0.2, 0.25) is 0 Å². The molecule has 2 heterocycles. The van der Waals surface area contributed by atoms with Crippen molar-refractivity contribution < 1.29 is 42.1 Å². The van der Waals surface area contributed by atoms with Crippen molar-refractivity contribution >= 4 is 22.8 Å². The third-order valence-electron chi connectivity index (χ3n) is 5.28. The molecular weight excluding hydrogens is 493 g/mol. The number of carboxylic acids is 1. The molecule has 2 aromatic carbocycles. The van der Waals surface area contributed by atoms with E-state index in [4.69, 9.17) is 14.2 Å². The number of halogens is 3. The Labute approximate surface area is 208 Å². The van der Waals surface area contributed by atoms with E-state index in [-0.39, 0.29) is 34.4 Å². The van der Waals surface area contributed by atoms with Crippen molar-refractivity contribution in [3.63, 3.8) is 0 Å². The van der Waals surface area contributed by atoms with Crippen LogP contribution in [-0.2, 0) is 10.9 Å². The molecule has 0 saturated carbocycles. The third-order valence-corrected chi connectivity index (χ3v) is 5.28. The predicted octanol–water partition coefficient (Wildman–Crippen LogP) is 6.11. The summed E-state index contributed by atoms with van der Waals surface area (Å²) in [7, 11) is 1.14. The Bertz CT molecular complexity index is 1460. The van der Waals surface area contributed by atoms with Crippen molar-refractivity contribution in [3.8, 4) is 23.1 Å². The SMILES string of the molecule is COC(=O)c1c(C(=O)O)c2cc(Oc3ccc(C(F)(F)F)cn3)ccc2n1-c1ccc(OC(C)C)cc1. The number of methoxy groups -OCH3 is 1. The fraction of sp³-hybridized carbons (Fsp3) is 0.192. The van der Waals surface area contributed by atoms with Crippen molar-refractivity contribution in [1.82, 2.24) is 9.55 Å². The molecule has 8 nitrogen and oxygen atoms in total. The molecule has 0 spiro atoms. The summed E-state index contributed by atoms with van der Waals surface area (Å²) < 4.78 is 56.0. The average Bonchev–Trinajstić information content (AvgIpc) is 3.18. The standard InChI is InChI=1S/C26H21F3N2O6/c1-14(2)36-17-7-5-16(6-8-17)31-20-10-9-18(37-21-11-4-15(13-30-21)26(27,28)29)12-19(20)22(24(32)33)23(31)25(34)35-3/h4-14H,1-3H3,(H,32,33). The predicted molar refractivity (Wildman–Crippen MR) is 127 cm³/mol. The van der Waals surface area contributed by atoms with Gasteiger partial charge in [-0.25, -0.2) is 14.6 Å². The average molecular weight is 514 g/mol. The zero-order valence-corrected chi connectivity index (χ0v) is 19.9. The molecule has 0 amide bonds. The lowest BCUT2D eigenvalue weighted by Crippen LogP contribution is -2.14. The van der Waals surface area contributed by atoms with Gasteiger partial charge in [0.1, 0.15) is 22.8 Å². The number of fused-ring (bicyclic) bond motifs is 1. The van der Waals surface area contributed by atoms with Gasteiger partial charge < -0.3 is 23.9 Å². The first-order chi connectivity index (χ1) is 17.5. The van der Waals surface area contributed by atoms with Crippen LogP contribution in [0.5, 0.6) is 17.4 Å². The number of aromatic nitrogens is 2. The first-order valence-electron chi connectivity index (χ1n) is 11.0. The number of benzene rings is 2. The van der Waals surface area contributed by atoms with E-state index in [1.54, 1.807) is 24.3 Å². The number of pyridine rings is 1. The van der Waals surface area contributed by atoms with Crippen LogP contribution in [0.25, 0.3) is 16.6 Å². The number of hydrogen-bond acceptors (Lipinski definition) is 6. The Morgan fingerprint density at radius 1 is 1.00 bits per heavy atom. The number of esters is 1. The van der Waals surface area contributed by atoms with E-state index < -0.39 is 23.7 Å². The molecule has 0 aliphatic carbocycles. The molecule has 0 fully saturated rings. The van der Waals surface area contributed by atoms with Crippen molar-refractivity contribution in [2.24, 2.45) is 0 Å². The molecule has 11 heteroatoms. The van der Waals surface area contributed by atoms with Gasteiger partial charge in [-0.1, -0.05) is 0 Å². The molecule has 0 aliphatic heterocycles. The van der Waals surface area contributed by atoms with E-state index in [1.807, 2.05) is 13.8 Å². The highest BCUT2D eigenvalue weighted by Gasteiger charge is 2.31. The molecule has 0 unspecified atom stereocenters. The highest BCUT2D eigenvalue weighted by atomic mass is 19.4. The molecule has 192 valence electrons. The number of carboxylic acid groups (broad SMARTS) is 1. The molecule has 2 aromatic heterocycles. The number of carbonyl (C=O) groups is 2. The van der Waals surface area contributed by atoms with E-state index in [2.05, 4.69) is 4.98 Å². The number of carbonyl (C=O) groups excluding carboxylic acids is 1. The minimum atomic E-state index is -4.55. The minimum Gasteiger partial charge on any atom is -0.491 e. The fourth-order valence-electron chi connectivity index (χ4n) is 3.78. The molecule has 0 saturated heterocycles. The summed E-state index contributed by atoms with van der Waals surface area (Å²) in [6, 6.07) is 13.0. The molecule has 4 aromatic rings. The van der Waals surface area contributed by atoms with Gasteiger partial charge in [0.2, 0.25) is 5.88 Å². The molecule has 37 heavy (non-hydrogen) atoms. The van der Waals surface area contributed by atoms with Gasteiger partial charge in [-0.05, 0) is 62.4 Å². The van der Waals surface area contributed by atoms with E-state index in [0.29, 0.717) is 23.2 Å². The van der Waals surface area contributed by atoms with Crippen molar-refractivity contribution in [1.29, 1.82) is 0 Å². The Kier molecular flexibility index (Phi) is 6.80. The Hall–Kier alpha value is -4.54. The molecule has 0 radical (unpaired) electrons. The highest BCUT2D eigenvalue weighted by molar-refractivity contribution is 6.13. The van der Waals surface area contributed by atoms with Crippen LogP contribution in [-0.4, -0.2) is 39.8 Å². The summed E-state index contributed by atoms with van der Waals surface area (Å²) in [5.41, 5.74) is -0.634. The summed E-state index contributed by atoms with van der Waals surface area (Å²) in [6.07, 6.45) is -3.97. The number of aromatic carboxylic acids is 1. The van der Waals surface area contributed by atoms with Crippen LogP contribution in [0.1, 0.15) is 40.3 Å². The van der Waals surface area contributed by atoms with Gasteiger partial charge in [0.15, 0.2) is 0 Å². The lowest BCUT2D eigenvalue weighted by atomic mass is 10.1. The van der Waals surface area contributed by atoms with Crippen LogP contribution in [0.3, 0.4) is 0 Å². The zero-order valence-electron chi connectivity index (χ0n) is 19.9. The number of ether oxygens (including phenoxy) is 3. The Morgan fingerprint density at radius 3 is 2.22 bits per heavy atom. The van der Waals surface area contributed by atoms with Gasteiger partial charge >= 0.3 is 18.1 Å². The van der Waals surface area contributed by atoms with Crippen LogP contribution >= 0.6 is 0 Å². The van der Waals surface area contributed by atoms with Crippen LogP contribution in [0.4, 0.5) is 13.2 Å². The maximum atomic E-state index is 12.8. The molecular formula is C26H21F3N2O6. The summed E-state index contributed by atoms with van der Waals surface area (Å²) in [5, 5.41) is 10.2. The van der Waals surface area contributed by atoms with Gasteiger partial charge in [-0.3, -0.25) is 0 Å². The zero-order chi connectivity index (χ0) is 26.9. The van der Waals surface area contributed by atoms with Crippen molar-refractivity contribution in [3.05, 3.63) is 77.6 Å². The highest BCUT2D eigenvalue weighted by Crippen LogP contribution is 2.35. The number of alkyl halides is 3. The minimum absolute atomic E-state index is 0.0555. The Balaban J connectivity index is 1.83. The van der Waals surface area contributed by atoms with Crippen molar-refractivity contribution in [2.45, 2.75) is 26.1 Å². The second kappa shape index (κ2) is 9.84. The molecule has 0 aliphatic rings. The summed E-state index contributed by atoms with van der Waals surface area (Å²) in [5.74, 6) is -1.68. The van der Waals surface area contributed by atoms with E-state index in [9.17, 15) is 27.9 Å². The fourth-order valence-corrected chi connectivity index (χ4v) is 3.78. The maximum absolute atomic E-state index is 12.8. The number of hydrogen-bond donors (Lipinski definition) is 1. The second-order valence-corrected chi connectivity index (χ2v) is 8.18. The molecule has 0 bridgehead atoms. The summed E-state index contributed by atoms with van der Waals surface area (Å²) in [4.78, 5) is 28.7. The smallest absolute Gasteiger partial charge is 0.417 e. The van der Waals surface area contributed by atoms with Gasteiger partial charge in [0.05, 0.1) is 24.3 Å². The van der Waals surface area contributed by atoms with E-state index in [0.717, 1.165) is 19.2 Å². The first-order valence-corrected chi connectivity index (χ1v) is 11.0. The topological polar surface area (TPSA) is 99.9 Å². The second-order valence-electron chi connectivity index (χ2n) is 8.18. The van der Waals surface area contributed by atoms with Crippen molar-refractivity contribution in [2.75, 3.05) is 7.11 Å². The van der Waals surface area contributed by atoms with Crippen LogP contribution in [0, 0.1) is 0 Å². The molecule has 1 N–H and O–H groups in total. The maximum Gasteiger partial charge on any atom is 0.417 e. The lowest BCUT2D eigenvalue weighted by Gasteiger charge is -2.13. The van der Waals surface area contributed by atoms with Crippen LogP contribution in [0.15, 0.2) is 60.8 Å².